The van der Waals surface area contributed by atoms with E-state index in [0.29, 0.717) is 5.82 Å². The summed E-state index contributed by atoms with van der Waals surface area (Å²) < 4.78 is 11.4. The van der Waals surface area contributed by atoms with E-state index in [1.54, 1.807) is 0 Å². The molecule has 0 N–H and O–H groups in total. The van der Waals surface area contributed by atoms with E-state index < -0.39 is 0 Å². The van der Waals surface area contributed by atoms with Crippen molar-refractivity contribution in [2.75, 3.05) is 0 Å². The Hall–Kier alpha value is -7.76. The highest BCUT2D eigenvalue weighted by Crippen LogP contribution is 2.42. The van der Waals surface area contributed by atoms with Crippen molar-refractivity contribution in [1.82, 2.24) is 19.1 Å². The van der Waals surface area contributed by atoms with Crippen LogP contribution in [0.5, 0.6) is 0 Å². The number of hydrogen-bond donors (Lipinski definition) is 0. The maximum absolute atomic E-state index is 6.74. The molecule has 0 unspecified atom stereocenters. The van der Waals surface area contributed by atoms with Gasteiger partial charge in [-0.05, 0) is 66.7 Å². The van der Waals surface area contributed by atoms with E-state index in [9.17, 15) is 0 Å². The highest BCUT2D eigenvalue weighted by molar-refractivity contribution is 6.14. The molecule has 8 aromatic carbocycles. The van der Waals surface area contributed by atoms with Crippen LogP contribution < -0.4 is 0 Å². The summed E-state index contributed by atoms with van der Waals surface area (Å²) in [5.74, 6) is 0.672. The molecular formula is C52H32N4O. The molecule has 4 heterocycles. The number of nitrogens with zero attached hydrogens (tertiary/aromatic N) is 4. The zero-order valence-electron chi connectivity index (χ0n) is 30.7. The third-order valence-corrected chi connectivity index (χ3v) is 11.3. The Labute approximate surface area is 327 Å². The standard InChI is InChI=1S/C52H32N4O/c1-3-15-33(16-4-1)52-53-43(34-27-28-48-41(29-34)39-21-9-11-23-45(39)55(48)36-17-5-2-6-18-36)32-44(54-52)35-30-42-40-22-10-14-26-50(40)57-51(42)49(31-35)56-46-24-12-7-19-37(46)38-20-8-13-25-47(38)56/h1-32H. The summed E-state index contributed by atoms with van der Waals surface area (Å²) in [5, 5.41) is 6.87. The average molecular weight is 729 g/mol. The first-order valence-electron chi connectivity index (χ1n) is 19.2. The van der Waals surface area contributed by atoms with Crippen LogP contribution in [-0.4, -0.2) is 19.1 Å². The maximum atomic E-state index is 6.74. The predicted octanol–water partition coefficient (Wildman–Crippen LogP) is 13.6. The molecule has 0 aliphatic heterocycles. The summed E-state index contributed by atoms with van der Waals surface area (Å²) in [7, 11) is 0. The van der Waals surface area contributed by atoms with Crippen LogP contribution in [0.3, 0.4) is 0 Å². The summed E-state index contributed by atoms with van der Waals surface area (Å²) in [5.41, 5.74) is 13.0. The van der Waals surface area contributed by atoms with Crippen molar-refractivity contribution in [2.45, 2.75) is 0 Å². The van der Waals surface area contributed by atoms with E-state index in [1.807, 2.05) is 30.3 Å². The van der Waals surface area contributed by atoms with Gasteiger partial charge in [0.25, 0.3) is 0 Å². The van der Waals surface area contributed by atoms with Crippen LogP contribution in [0, 0.1) is 0 Å². The molecule has 266 valence electrons. The number of rotatable bonds is 5. The summed E-state index contributed by atoms with van der Waals surface area (Å²) in [6.45, 7) is 0. The van der Waals surface area contributed by atoms with Gasteiger partial charge in [-0.1, -0.05) is 127 Å². The third kappa shape index (κ3) is 4.89. The van der Waals surface area contributed by atoms with Crippen LogP contribution in [0.2, 0.25) is 0 Å². The second-order valence-electron chi connectivity index (χ2n) is 14.6. The van der Waals surface area contributed by atoms with E-state index in [-0.39, 0.29) is 0 Å². The van der Waals surface area contributed by atoms with Crippen molar-refractivity contribution in [1.29, 1.82) is 0 Å². The molecule has 0 fully saturated rings. The molecule has 0 aliphatic rings. The van der Waals surface area contributed by atoms with Gasteiger partial charge in [0.05, 0.1) is 39.1 Å². The van der Waals surface area contributed by atoms with E-state index in [4.69, 9.17) is 14.4 Å². The number of fused-ring (bicyclic) bond motifs is 9. The molecule has 0 saturated carbocycles. The summed E-state index contributed by atoms with van der Waals surface area (Å²) in [4.78, 5) is 10.6. The van der Waals surface area contributed by atoms with Crippen LogP contribution >= 0.6 is 0 Å². The first kappa shape index (κ1) is 31.6. The van der Waals surface area contributed by atoms with E-state index in [0.717, 1.165) is 77.9 Å². The zero-order chi connectivity index (χ0) is 37.5. The Morgan fingerprint density at radius 3 is 1.58 bits per heavy atom. The molecule has 0 spiro atoms. The van der Waals surface area contributed by atoms with Crippen LogP contribution in [0.25, 0.3) is 111 Å². The first-order chi connectivity index (χ1) is 28.3. The Kier molecular flexibility index (Phi) is 6.86. The van der Waals surface area contributed by atoms with Gasteiger partial charge in [0.2, 0.25) is 0 Å². The summed E-state index contributed by atoms with van der Waals surface area (Å²) in [6.07, 6.45) is 0. The summed E-state index contributed by atoms with van der Waals surface area (Å²) in [6, 6.07) is 68.3. The summed E-state index contributed by atoms with van der Waals surface area (Å²) >= 11 is 0. The van der Waals surface area contributed by atoms with Gasteiger partial charge in [-0.15, -0.1) is 0 Å². The van der Waals surface area contributed by atoms with Gasteiger partial charge in [0, 0.05) is 54.7 Å². The molecule has 12 aromatic rings. The Balaban J connectivity index is 1.13. The smallest absolute Gasteiger partial charge is 0.160 e. The van der Waals surface area contributed by atoms with Gasteiger partial charge in [0.15, 0.2) is 11.4 Å². The van der Waals surface area contributed by atoms with Crippen molar-refractivity contribution in [2.24, 2.45) is 0 Å². The number of aromatic nitrogens is 4. The van der Waals surface area contributed by atoms with Crippen molar-refractivity contribution < 1.29 is 4.42 Å². The molecule has 12 rings (SSSR count). The van der Waals surface area contributed by atoms with Crippen molar-refractivity contribution >= 4 is 65.6 Å². The van der Waals surface area contributed by atoms with Crippen LogP contribution in [0.4, 0.5) is 0 Å². The highest BCUT2D eigenvalue weighted by Gasteiger charge is 2.21. The quantitative estimate of drug-likeness (QED) is 0.177. The lowest BCUT2D eigenvalue weighted by Gasteiger charge is -2.13. The van der Waals surface area contributed by atoms with Gasteiger partial charge in [-0.25, -0.2) is 9.97 Å². The number of para-hydroxylation sites is 5. The molecular weight excluding hydrogens is 697 g/mol. The van der Waals surface area contributed by atoms with Gasteiger partial charge < -0.3 is 13.6 Å². The van der Waals surface area contributed by atoms with Gasteiger partial charge in [0.1, 0.15) is 5.58 Å². The lowest BCUT2D eigenvalue weighted by molar-refractivity contribution is 0.666. The van der Waals surface area contributed by atoms with Crippen molar-refractivity contribution in [3.8, 4) is 45.3 Å². The van der Waals surface area contributed by atoms with Gasteiger partial charge in [-0.3, -0.25) is 0 Å². The SMILES string of the molecule is c1ccc(-c2nc(-c3cc(-n4c5ccccc5c5ccccc54)c4oc5ccccc5c4c3)cc(-c3ccc4c(c3)c3ccccc3n4-c3ccccc3)n2)cc1. The molecule has 0 radical (unpaired) electrons. The minimum Gasteiger partial charge on any atom is -0.454 e. The van der Waals surface area contributed by atoms with Gasteiger partial charge >= 0.3 is 0 Å². The average Bonchev–Trinajstić information content (AvgIpc) is 3.94. The second kappa shape index (κ2) is 12.4. The largest absolute Gasteiger partial charge is 0.454 e. The molecule has 4 aromatic heterocycles. The van der Waals surface area contributed by atoms with Crippen LogP contribution in [0.15, 0.2) is 199 Å². The highest BCUT2D eigenvalue weighted by atomic mass is 16.3. The molecule has 0 aliphatic carbocycles. The fourth-order valence-electron chi connectivity index (χ4n) is 8.75. The van der Waals surface area contributed by atoms with E-state index in [1.165, 1.54) is 27.1 Å². The number of benzene rings is 8. The minimum atomic E-state index is 0.672. The van der Waals surface area contributed by atoms with Crippen molar-refractivity contribution in [3.63, 3.8) is 0 Å². The topological polar surface area (TPSA) is 48.8 Å². The zero-order valence-corrected chi connectivity index (χ0v) is 30.7. The van der Waals surface area contributed by atoms with Crippen LogP contribution in [-0.2, 0) is 0 Å². The normalized spacial score (nSPS) is 11.9. The Morgan fingerprint density at radius 2 is 0.877 bits per heavy atom. The maximum Gasteiger partial charge on any atom is 0.160 e. The molecule has 57 heavy (non-hydrogen) atoms. The molecule has 0 bridgehead atoms. The van der Waals surface area contributed by atoms with Crippen LogP contribution in [0.1, 0.15) is 0 Å². The predicted molar refractivity (Wildman–Crippen MR) is 234 cm³/mol. The van der Waals surface area contributed by atoms with Gasteiger partial charge in [-0.2, -0.15) is 0 Å². The van der Waals surface area contributed by atoms with Crippen molar-refractivity contribution in [3.05, 3.63) is 194 Å². The lowest BCUT2D eigenvalue weighted by Crippen LogP contribution is -1.98. The molecule has 0 amide bonds. The number of hydrogen-bond acceptors (Lipinski definition) is 3. The molecule has 0 atom stereocenters. The van der Waals surface area contributed by atoms with E-state index in [2.05, 4.69) is 173 Å². The Bertz CT molecular complexity index is 3470. The fourth-order valence-corrected chi connectivity index (χ4v) is 8.75. The lowest BCUT2D eigenvalue weighted by atomic mass is 10.0. The molecule has 5 heteroatoms. The van der Waals surface area contributed by atoms with E-state index >= 15 is 0 Å². The minimum absolute atomic E-state index is 0.672. The molecule has 5 nitrogen and oxygen atoms in total. The molecule has 0 saturated heterocycles. The monoisotopic (exact) mass is 728 g/mol. The first-order valence-corrected chi connectivity index (χ1v) is 19.2. The third-order valence-electron chi connectivity index (χ3n) is 11.3. The Morgan fingerprint density at radius 1 is 0.351 bits per heavy atom. The number of furan rings is 1. The fraction of sp³-hybridized carbons (Fsp3) is 0. The second-order valence-corrected chi connectivity index (χ2v) is 14.6.